The highest BCUT2D eigenvalue weighted by Gasteiger charge is 2.33. The number of aryl methyl sites for hydroxylation is 1. The van der Waals surface area contributed by atoms with Crippen molar-refractivity contribution in [3.63, 3.8) is 0 Å². The molecule has 0 bridgehead atoms. The summed E-state index contributed by atoms with van der Waals surface area (Å²) in [6.07, 6.45) is 7.55. The zero-order valence-corrected chi connectivity index (χ0v) is 14.9. The molecule has 1 aliphatic rings. The summed E-state index contributed by atoms with van der Waals surface area (Å²) in [5.74, 6) is 1.41. The van der Waals surface area contributed by atoms with Crippen LogP contribution in [0.2, 0.25) is 0 Å². The SMILES string of the molecule is CN(C[C@@H]1CCCN(C)[C@H]1c1ccnn1C)c1ncnc2nc[nH]c12. The fourth-order valence-electron chi connectivity index (χ4n) is 4.07. The van der Waals surface area contributed by atoms with E-state index in [4.69, 9.17) is 0 Å². The van der Waals surface area contributed by atoms with Crippen LogP contribution in [-0.2, 0) is 7.05 Å². The first-order valence-corrected chi connectivity index (χ1v) is 8.68. The number of anilines is 1. The van der Waals surface area contributed by atoms with Gasteiger partial charge < -0.3 is 9.88 Å². The number of nitrogens with zero attached hydrogens (tertiary/aromatic N) is 7. The van der Waals surface area contributed by atoms with E-state index in [-0.39, 0.29) is 0 Å². The molecule has 0 aromatic carbocycles. The lowest BCUT2D eigenvalue weighted by molar-refractivity contribution is 0.118. The summed E-state index contributed by atoms with van der Waals surface area (Å²) >= 11 is 0. The van der Waals surface area contributed by atoms with E-state index >= 15 is 0 Å². The number of hydrogen-bond acceptors (Lipinski definition) is 6. The van der Waals surface area contributed by atoms with E-state index < -0.39 is 0 Å². The van der Waals surface area contributed by atoms with Crippen molar-refractivity contribution >= 4 is 17.0 Å². The van der Waals surface area contributed by atoms with Gasteiger partial charge in [-0.2, -0.15) is 5.10 Å². The predicted octanol–water partition coefficient (Wildman–Crippen LogP) is 1.61. The highest BCUT2D eigenvalue weighted by Crippen LogP contribution is 2.36. The molecule has 8 nitrogen and oxygen atoms in total. The molecule has 4 heterocycles. The maximum atomic E-state index is 4.48. The third-order valence-corrected chi connectivity index (χ3v) is 5.24. The number of nitrogens with one attached hydrogen (secondary N) is 1. The van der Waals surface area contributed by atoms with Gasteiger partial charge in [-0.05, 0) is 38.4 Å². The van der Waals surface area contributed by atoms with Gasteiger partial charge in [0.1, 0.15) is 11.8 Å². The van der Waals surface area contributed by atoms with Crippen molar-refractivity contribution in [1.29, 1.82) is 0 Å². The third-order valence-electron chi connectivity index (χ3n) is 5.24. The van der Waals surface area contributed by atoms with Gasteiger partial charge in [0.2, 0.25) is 0 Å². The molecule has 25 heavy (non-hydrogen) atoms. The second kappa shape index (κ2) is 6.44. The normalized spacial score (nSPS) is 21.7. The van der Waals surface area contributed by atoms with Gasteiger partial charge in [-0.3, -0.25) is 9.58 Å². The molecular formula is C17H24N8. The molecule has 0 saturated carbocycles. The highest BCUT2D eigenvalue weighted by molar-refractivity contribution is 5.82. The Kier molecular flexibility index (Phi) is 4.12. The van der Waals surface area contributed by atoms with E-state index in [1.807, 2.05) is 17.9 Å². The molecule has 2 atom stereocenters. The number of piperidine rings is 1. The fourth-order valence-corrected chi connectivity index (χ4v) is 4.07. The second-order valence-electron chi connectivity index (χ2n) is 6.89. The standard InChI is InChI=1S/C17H24N8/c1-23-8-4-5-12(15(23)13-6-7-22-25(13)3)9-24(2)17-14-16(19-10-18-14)20-11-21-17/h6-7,10-12,15H,4-5,8-9H2,1-3H3,(H,18,19,20,21)/t12-,15+/m0/s1. The molecule has 0 radical (unpaired) electrons. The van der Waals surface area contributed by atoms with Crippen LogP contribution < -0.4 is 4.90 Å². The zero-order chi connectivity index (χ0) is 17.4. The number of imidazole rings is 1. The van der Waals surface area contributed by atoms with Gasteiger partial charge in [0.25, 0.3) is 0 Å². The fraction of sp³-hybridized carbons (Fsp3) is 0.529. The highest BCUT2D eigenvalue weighted by atomic mass is 15.3. The molecule has 1 saturated heterocycles. The molecule has 132 valence electrons. The van der Waals surface area contributed by atoms with E-state index in [2.05, 4.69) is 55.0 Å². The zero-order valence-electron chi connectivity index (χ0n) is 14.9. The van der Waals surface area contributed by atoms with Crippen LogP contribution >= 0.6 is 0 Å². The van der Waals surface area contributed by atoms with Crippen LogP contribution in [0.5, 0.6) is 0 Å². The van der Waals surface area contributed by atoms with Crippen molar-refractivity contribution in [3.8, 4) is 0 Å². The first-order chi connectivity index (χ1) is 12.1. The van der Waals surface area contributed by atoms with Crippen molar-refractivity contribution in [2.45, 2.75) is 18.9 Å². The first-order valence-electron chi connectivity index (χ1n) is 8.68. The Balaban J connectivity index is 1.61. The van der Waals surface area contributed by atoms with Crippen LogP contribution in [0, 0.1) is 5.92 Å². The van der Waals surface area contributed by atoms with E-state index in [0.29, 0.717) is 17.6 Å². The Labute approximate surface area is 146 Å². The number of aromatic nitrogens is 6. The van der Waals surface area contributed by atoms with Crippen LogP contribution in [0.15, 0.2) is 24.9 Å². The van der Waals surface area contributed by atoms with Crippen LogP contribution in [0.3, 0.4) is 0 Å². The van der Waals surface area contributed by atoms with Gasteiger partial charge in [0.15, 0.2) is 11.5 Å². The molecule has 0 aliphatic carbocycles. The summed E-state index contributed by atoms with van der Waals surface area (Å²) in [5, 5.41) is 4.37. The number of aromatic amines is 1. The van der Waals surface area contributed by atoms with Crippen molar-refractivity contribution in [3.05, 3.63) is 30.6 Å². The van der Waals surface area contributed by atoms with E-state index in [0.717, 1.165) is 24.4 Å². The smallest absolute Gasteiger partial charge is 0.182 e. The molecule has 0 unspecified atom stereocenters. The van der Waals surface area contributed by atoms with Crippen LogP contribution in [-0.4, -0.2) is 61.8 Å². The topological polar surface area (TPSA) is 78.8 Å². The molecule has 8 heteroatoms. The summed E-state index contributed by atoms with van der Waals surface area (Å²) < 4.78 is 2.00. The number of H-pyrrole nitrogens is 1. The molecule has 0 amide bonds. The van der Waals surface area contributed by atoms with Gasteiger partial charge in [0, 0.05) is 26.8 Å². The van der Waals surface area contributed by atoms with Crippen molar-refractivity contribution in [2.75, 3.05) is 32.1 Å². The van der Waals surface area contributed by atoms with Gasteiger partial charge in [-0.1, -0.05) is 0 Å². The number of fused-ring (bicyclic) bond motifs is 1. The Bertz CT molecular complexity index is 853. The van der Waals surface area contributed by atoms with Crippen molar-refractivity contribution in [2.24, 2.45) is 13.0 Å². The maximum Gasteiger partial charge on any atom is 0.182 e. The Morgan fingerprint density at radius 2 is 2.16 bits per heavy atom. The van der Waals surface area contributed by atoms with Crippen LogP contribution in [0.4, 0.5) is 5.82 Å². The van der Waals surface area contributed by atoms with Crippen molar-refractivity contribution in [1.82, 2.24) is 34.6 Å². The maximum absolute atomic E-state index is 4.48. The monoisotopic (exact) mass is 340 g/mol. The summed E-state index contributed by atoms with van der Waals surface area (Å²) in [6.45, 7) is 2.04. The van der Waals surface area contributed by atoms with Gasteiger partial charge >= 0.3 is 0 Å². The van der Waals surface area contributed by atoms with Gasteiger partial charge in [-0.15, -0.1) is 0 Å². The summed E-state index contributed by atoms with van der Waals surface area (Å²) in [4.78, 5) is 20.8. The average Bonchev–Trinajstić information content (AvgIpc) is 3.23. The van der Waals surface area contributed by atoms with Gasteiger partial charge in [-0.25, -0.2) is 15.0 Å². The largest absolute Gasteiger partial charge is 0.357 e. The van der Waals surface area contributed by atoms with Gasteiger partial charge in [0.05, 0.1) is 18.1 Å². The first kappa shape index (κ1) is 16.0. The van der Waals surface area contributed by atoms with Crippen LogP contribution in [0.1, 0.15) is 24.6 Å². The minimum atomic E-state index is 0.364. The van der Waals surface area contributed by atoms with E-state index in [1.54, 1.807) is 12.7 Å². The Morgan fingerprint density at radius 1 is 1.28 bits per heavy atom. The van der Waals surface area contributed by atoms with Crippen molar-refractivity contribution < 1.29 is 0 Å². The molecule has 1 aliphatic heterocycles. The molecule has 4 rings (SSSR count). The Hall–Kier alpha value is -2.48. The lowest BCUT2D eigenvalue weighted by Gasteiger charge is -2.40. The summed E-state index contributed by atoms with van der Waals surface area (Å²) in [5.41, 5.74) is 2.88. The number of likely N-dealkylation sites (tertiary alicyclic amines) is 1. The molecule has 3 aromatic rings. The molecule has 3 aromatic heterocycles. The van der Waals surface area contributed by atoms with E-state index in [1.165, 1.54) is 18.5 Å². The molecule has 1 N–H and O–H groups in total. The molecule has 0 spiro atoms. The third kappa shape index (κ3) is 2.86. The minimum Gasteiger partial charge on any atom is -0.357 e. The minimum absolute atomic E-state index is 0.364. The Morgan fingerprint density at radius 3 is 2.96 bits per heavy atom. The lowest BCUT2D eigenvalue weighted by atomic mass is 9.87. The number of hydrogen-bond donors (Lipinski definition) is 1. The summed E-state index contributed by atoms with van der Waals surface area (Å²) in [6, 6.07) is 2.50. The second-order valence-corrected chi connectivity index (χ2v) is 6.89. The molecule has 1 fully saturated rings. The predicted molar refractivity (Wildman–Crippen MR) is 96.3 cm³/mol. The number of rotatable bonds is 4. The molecular weight excluding hydrogens is 316 g/mol. The average molecular weight is 340 g/mol. The lowest BCUT2D eigenvalue weighted by Crippen LogP contribution is -2.42. The van der Waals surface area contributed by atoms with Crippen LogP contribution in [0.25, 0.3) is 11.2 Å². The summed E-state index contributed by atoms with van der Waals surface area (Å²) in [7, 11) is 6.33. The van der Waals surface area contributed by atoms with E-state index in [9.17, 15) is 0 Å². The quantitative estimate of drug-likeness (QED) is 0.777.